The highest BCUT2D eigenvalue weighted by Gasteiger charge is 2.25. The lowest BCUT2D eigenvalue weighted by molar-refractivity contribution is 0.486. The largest absolute Gasteiger partial charge is 0.359 e. The van der Waals surface area contributed by atoms with E-state index in [0.717, 1.165) is 42.2 Å². The fraction of sp³-hybridized carbons (Fsp3) is 0.444. The van der Waals surface area contributed by atoms with Crippen molar-refractivity contribution < 1.29 is 0 Å². The molecule has 1 saturated heterocycles. The normalized spacial score (nSPS) is 18.7. The number of benzene rings is 1. The fourth-order valence-corrected chi connectivity index (χ4v) is 4.23. The number of hydrogen-bond acceptors (Lipinski definition) is 5. The van der Waals surface area contributed by atoms with Crippen LogP contribution in [0.25, 0.3) is 22.6 Å². The summed E-state index contributed by atoms with van der Waals surface area (Å²) < 4.78 is 0. The highest BCUT2D eigenvalue weighted by molar-refractivity contribution is 7.16. The number of thiazole rings is 1. The van der Waals surface area contributed by atoms with Crippen molar-refractivity contribution in [2.24, 2.45) is 0 Å². The topological polar surface area (TPSA) is 56.8 Å². The third-order valence-corrected chi connectivity index (χ3v) is 5.81. The van der Waals surface area contributed by atoms with Crippen LogP contribution in [0.2, 0.25) is 0 Å². The first-order valence-electron chi connectivity index (χ1n) is 8.56. The molecule has 1 aromatic carbocycles. The van der Waals surface area contributed by atoms with Gasteiger partial charge < -0.3 is 15.2 Å². The summed E-state index contributed by atoms with van der Waals surface area (Å²) >= 11 is 1.81. The number of aromatic nitrogens is 3. The quantitative estimate of drug-likeness (QED) is 0.764. The fourth-order valence-electron chi connectivity index (χ4n) is 3.13. The predicted molar refractivity (Wildman–Crippen MR) is 101 cm³/mol. The number of anilines is 1. The molecule has 1 aliphatic rings. The van der Waals surface area contributed by atoms with Gasteiger partial charge in [-0.05, 0) is 19.1 Å². The number of H-pyrrole nitrogens is 1. The van der Waals surface area contributed by atoms with Crippen molar-refractivity contribution in [3.05, 3.63) is 29.3 Å². The summed E-state index contributed by atoms with van der Waals surface area (Å²) in [5.74, 6) is 1.30. The van der Waals surface area contributed by atoms with Gasteiger partial charge >= 0.3 is 0 Å². The van der Waals surface area contributed by atoms with Crippen LogP contribution in [0, 0.1) is 0 Å². The number of piperazine rings is 1. The highest BCUT2D eigenvalue weighted by Crippen LogP contribution is 2.38. The lowest BCUT2D eigenvalue weighted by Crippen LogP contribution is -2.49. The first-order valence-corrected chi connectivity index (χ1v) is 9.37. The number of nitrogens with one attached hydrogen (secondary N) is 2. The maximum Gasteiger partial charge on any atom is 0.160 e. The Morgan fingerprint density at radius 3 is 2.83 bits per heavy atom. The molecule has 5 nitrogen and oxygen atoms in total. The van der Waals surface area contributed by atoms with E-state index in [1.807, 2.05) is 29.5 Å². The monoisotopic (exact) mass is 341 g/mol. The molecule has 2 aromatic heterocycles. The summed E-state index contributed by atoms with van der Waals surface area (Å²) in [6, 6.07) is 8.65. The minimum atomic E-state index is 0.423. The van der Waals surface area contributed by atoms with Crippen LogP contribution in [0.15, 0.2) is 24.3 Å². The number of para-hydroxylation sites is 2. The van der Waals surface area contributed by atoms with E-state index in [0.29, 0.717) is 12.0 Å². The lowest BCUT2D eigenvalue weighted by atomic mass is 10.2. The van der Waals surface area contributed by atoms with Crippen LogP contribution in [0.3, 0.4) is 0 Å². The van der Waals surface area contributed by atoms with Crippen molar-refractivity contribution in [1.82, 2.24) is 20.3 Å². The Morgan fingerprint density at radius 1 is 1.25 bits per heavy atom. The zero-order valence-corrected chi connectivity index (χ0v) is 15.2. The van der Waals surface area contributed by atoms with E-state index in [4.69, 9.17) is 9.97 Å². The Balaban J connectivity index is 1.80. The van der Waals surface area contributed by atoms with Crippen LogP contribution in [0.4, 0.5) is 5.00 Å². The first-order chi connectivity index (χ1) is 11.6. The van der Waals surface area contributed by atoms with E-state index < -0.39 is 0 Å². The summed E-state index contributed by atoms with van der Waals surface area (Å²) in [6.45, 7) is 9.66. The van der Waals surface area contributed by atoms with Gasteiger partial charge in [-0.15, -0.1) is 11.3 Å². The molecule has 1 fully saturated rings. The van der Waals surface area contributed by atoms with Gasteiger partial charge in [0, 0.05) is 31.6 Å². The van der Waals surface area contributed by atoms with Gasteiger partial charge in [0.15, 0.2) is 5.82 Å². The average Bonchev–Trinajstić information content (AvgIpc) is 3.19. The average molecular weight is 341 g/mol. The maximum absolute atomic E-state index is 4.94. The summed E-state index contributed by atoms with van der Waals surface area (Å²) in [6.07, 6.45) is 0. The zero-order valence-electron chi connectivity index (χ0n) is 14.3. The van der Waals surface area contributed by atoms with Gasteiger partial charge in [-0.3, -0.25) is 0 Å². The third-order valence-electron chi connectivity index (χ3n) is 4.39. The molecule has 1 unspecified atom stereocenters. The Kier molecular flexibility index (Phi) is 4.02. The first kappa shape index (κ1) is 15.6. The van der Waals surface area contributed by atoms with Crippen LogP contribution >= 0.6 is 11.3 Å². The zero-order chi connectivity index (χ0) is 16.7. The highest BCUT2D eigenvalue weighted by atomic mass is 32.1. The molecule has 1 aliphatic heterocycles. The van der Waals surface area contributed by atoms with Crippen molar-refractivity contribution >= 4 is 27.4 Å². The summed E-state index contributed by atoms with van der Waals surface area (Å²) in [4.78, 5) is 15.6. The van der Waals surface area contributed by atoms with Crippen LogP contribution in [-0.4, -0.2) is 40.6 Å². The second kappa shape index (κ2) is 6.18. The molecule has 0 bridgehead atoms. The number of aromatic amines is 1. The van der Waals surface area contributed by atoms with Gasteiger partial charge in [0.25, 0.3) is 0 Å². The van der Waals surface area contributed by atoms with E-state index in [1.54, 1.807) is 0 Å². The molecule has 0 radical (unpaired) electrons. The molecular formula is C18H23N5S. The number of fused-ring (bicyclic) bond motifs is 1. The molecular weight excluding hydrogens is 318 g/mol. The molecule has 0 amide bonds. The minimum Gasteiger partial charge on any atom is -0.359 e. The van der Waals surface area contributed by atoms with E-state index >= 15 is 0 Å². The summed E-state index contributed by atoms with van der Waals surface area (Å²) in [5.41, 5.74) is 3.05. The molecule has 4 rings (SSSR count). The molecule has 126 valence electrons. The number of rotatable bonds is 3. The van der Waals surface area contributed by atoms with Crippen LogP contribution in [0.5, 0.6) is 0 Å². The second-order valence-corrected chi connectivity index (χ2v) is 7.77. The third kappa shape index (κ3) is 2.80. The Labute approximate surface area is 146 Å². The van der Waals surface area contributed by atoms with E-state index in [2.05, 4.69) is 42.0 Å². The number of imidazole rings is 1. The Morgan fingerprint density at radius 2 is 2.08 bits per heavy atom. The predicted octanol–water partition coefficient (Wildman–Crippen LogP) is 3.61. The van der Waals surface area contributed by atoms with Crippen LogP contribution in [-0.2, 0) is 0 Å². The second-order valence-electron chi connectivity index (χ2n) is 6.76. The summed E-state index contributed by atoms with van der Waals surface area (Å²) in [7, 11) is 0. The lowest BCUT2D eigenvalue weighted by Gasteiger charge is -2.32. The van der Waals surface area contributed by atoms with Gasteiger partial charge in [-0.2, -0.15) is 0 Å². The van der Waals surface area contributed by atoms with Crippen LogP contribution in [0.1, 0.15) is 31.7 Å². The Hall–Kier alpha value is -1.92. The SMILES string of the molecule is CC1CN(c2sc(C(C)C)nc2-c2nc3ccccc3[nH]2)CCN1. The van der Waals surface area contributed by atoms with Crippen LogP contribution < -0.4 is 10.2 Å². The minimum absolute atomic E-state index is 0.423. The Bertz CT molecular complexity index is 817. The van der Waals surface area contributed by atoms with Crippen molar-refractivity contribution in [1.29, 1.82) is 0 Å². The molecule has 3 heterocycles. The molecule has 2 N–H and O–H groups in total. The maximum atomic E-state index is 4.94. The molecule has 0 saturated carbocycles. The number of hydrogen-bond donors (Lipinski definition) is 2. The van der Waals surface area contributed by atoms with Gasteiger partial charge in [0.2, 0.25) is 0 Å². The molecule has 3 aromatic rings. The van der Waals surface area contributed by atoms with Crippen molar-refractivity contribution in [3.8, 4) is 11.5 Å². The van der Waals surface area contributed by atoms with Gasteiger partial charge in [-0.25, -0.2) is 9.97 Å². The number of nitrogens with zero attached hydrogens (tertiary/aromatic N) is 3. The van der Waals surface area contributed by atoms with Gasteiger partial charge in [-0.1, -0.05) is 26.0 Å². The molecule has 0 aliphatic carbocycles. The van der Waals surface area contributed by atoms with E-state index in [9.17, 15) is 0 Å². The van der Waals surface area contributed by atoms with Gasteiger partial charge in [0.05, 0.1) is 16.0 Å². The van der Waals surface area contributed by atoms with Crippen molar-refractivity contribution in [2.75, 3.05) is 24.5 Å². The van der Waals surface area contributed by atoms with E-state index in [1.165, 1.54) is 10.0 Å². The molecule has 24 heavy (non-hydrogen) atoms. The van der Waals surface area contributed by atoms with Gasteiger partial charge in [0.1, 0.15) is 10.7 Å². The molecule has 6 heteroatoms. The molecule has 1 atom stereocenters. The molecule has 0 spiro atoms. The van der Waals surface area contributed by atoms with E-state index in [-0.39, 0.29) is 0 Å². The van der Waals surface area contributed by atoms with Crippen molar-refractivity contribution in [2.45, 2.75) is 32.7 Å². The standard InChI is InChI=1S/C18H23N5S/c1-11(2)17-22-15(16-20-13-6-4-5-7-14(13)21-16)18(24-17)23-9-8-19-12(3)10-23/h4-7,11-12,19H,8-10H2,1-3H3,(H,20,21). The van der Waals surface area contributed by atoms with Crippen molar-refractivity contribution in [3.63, 3.8) is 0 Å². The summed E-state index contributed by atoms with van der Waals surface area (Å²) in [5, 5.41) is 5.93. The smallest absolute Gasteiger partial charge is 0.160 e.